The molecule has 2 atom stereocenters. The van der Waals surface area contributed by atoms with Gasteiger partial charge in [0.1, 0.15) is 12.4 Å². The number of anilines is 2. The lowest BCUT2D eigenvalue weighted by Gasteiger charge is -2.20. The van der Waals surface area contributed by atoms with Crippen LogP contribution >= 0.6 is 0 Å². The molecule has 1 aliphatic heterocycles. The monoisotopic (exact) mass is 408 g/mol. The predicted molar refractivity (Wildman–Crippen MR) is 114 cm³/mol. The van der Waals surface area contributed by atoms with Gasteiger partial charge in [0.25, 0.3) is 5.56 Å². The van der Waals surface area contributed by atoms with Crippen LogP contribution in [-0.4, -0.2) is 38.7 Å². The standard InChI is InChI=1S/C21H24N6O3/c1-5-15-10-30-21(29)27(15)20-24-13(4)23-19(26-20)22-12(3)16-9-14-8-11(2)6-7-17(14)25-18(16)28/h6-9,12,15H,5,10H2,1-4H3,(H,25,28)(H,22,23,24,26)/t12-,15?/m1/s1. The van der Waals surface area contributed by atoms with Gasteiger partial charge in [0, 0.05) is 11.1 Å². The van der Waals surface area contributed by atoms with E-state index in [0.29, 0.717) is 23.9 Å². The van der Waals surface area contributed by atoms with Crippen LogP contribution in [0.25, 0.3) is 10.9 Å². The topological polar surface area (TPSA) is 113 Å². The predicted octanol–water partition coefficient (Wildman–Crippen LogP) is 3.24. The van der Waals surface area contributed by atoms with E-state index in [1.54, 1.807) is 6.92 Å². The number of aryl methyl sites for hydroxylation is 2. The van der Waals surface area contributed by atoms with Crippen molar-refractivity contribution >= 4 is 28.9 Å². The smallest absolute Gasteiger partial charge is 0.417 e. The first-order valence-electron chi connectivity index (χ1n) is 9.94. The van der Waals surface area contributed by atoms with Crippen LogP contribution < -0.4 is 15.8 Å². The molecule has 3 heterocycles. The maximum atomic E-state index is 12.6. The lowest BCUT2D eigenvalue weighted by atomic mass is 10.1. The summed E-state index contributed by atoms with van der Waals surface area (Å²) in [6.45, 7) is 7.89. The molecule has 1 amide bonds. The molecule has 0 bridgehead atoms. The summed E-state index contributed by atoms with van der Waals surface area (Å²) < 4.78 is 5.14. The summed E-state index contributed by atoms with van der Waals surface area (Å²) in [6, 6.07) is 7.28. The number of fused-ring (bicyclic) bond motifs is 1. The number of rotatable bonds is 5. The van der Waals surface area contributed by atoms with Gasteiger partial charge >= 0.3 is 6.09 Å². The van der Waals surface area contributed by atoms with Crippen LogP contribution in [0, 0.1) is 13.8 Å². The maximum Gasteiger partial charge on any atom is 0.417 e. The van der Waals surface area contributed by atoms with Crippen molar-refractivity contribution in [1.29, 1.82) is 0 Å². The molecule has 9 nitrogen and oxygen atoms in total. The Morgan fingerprint density at radius 3 is 2.80 bits per heavy atom. The molecule has 2 aromatic heterocycles. The molecule has 9 heteroatoms. The molecule has 4 rings (SSSR count). The highest BCUT2D eigenvalue weighted by molar-refractivity contribution is 5.88. The zero-order chi connectivity index (χ0) is 21.4. The van der Waals surface area contributed by atoms with Gasteiger partial charge in [-0.15, -0.1) is 0 Å². The third-order valence-electron chi connectivity index (χ3n) is 5.22. The summed E-state index contributed by atoms with van der Waals surface area (Å²) in [6.07, 6.45) is 0.259. The Kier molecular flexibility index (Phi) is 5.11. The molecule has 1 fully saturated rings. The number of pyridine rings is 1. The number of carbonyl (C=O) groups excluding carboxylic acids is 1. The zero-order valence-corrected chi connectivity index (χ0v) is 17.4. The minimum Gasteiger partial charge on any atom is -0.447 e. The Morgan fingerprint density at radius 2 is 2.03 bits per heavy atom. The molecule has 0 aliphatic carbocycles. The van der Waals surface area contributed by atoms with Crippen molar-refractivity contribution in [3.8, 4) is 0 Å². The number of hydrogen-bond donors (Lipinski definition) is 2. The van der Waals surface area contributed by atoms with E-state index in [-0.39, 0.29) is 23.6 Å². The minimum atomic E-state index is -0.465. The van der Waals surface area contributed by atoms with Gasteiger partial charge < -0.3 is 15.0 Å². The summed E-state index contributed by atoms with van der Waals surface area (Å²) in [5.74, 6) is 1.00. The maximum absolute atomic E-state index is 12.6. The molecular formula is C21H24N6O3. The first kappa shape index (κ1) is 19.8. The highest BCUT2D eigenvalue weighted by Crippen LogP contribution is 2.24. The molecule has 1 unspecified atom stereocenters. The number of cyclic esters (lactones) is 1. The third-order valence-corrected chi connectivity index (χ3v) is 5.22. The molecule has 30 heavy (non-hydrogen) atoms. The number of aromatic amines is 1. The van der Waals surface area contributed by atoms with E-state index in [9.17, 15) is 9.59 Å². The van der Waals surface area contributed by atoms with E-state index in [1.807, 2.05) is 45.0 Å². The number of hydrogen-bond acceptors (Lipinski definition) is 7. The van der Waals surface area contributed by atoms with Gasteiger partial charge in [0.15, 0.2) is 0 Å². The first-order valence-corrected chi connectivity index (χ1v) is 9.94. The number of amides is 1. The van der Waals surface area contributed by atoms with Crippen LogP contribution in [0.5, 0.6) is 0 Å². The van der Waals surface area contributed by atoms with Crippen LogP contribution in [0.1, 0.15) is 43.3 Å². The summed E-state index contributed by atoms with van der Waals surface area (Å²) in [7, 11) is 0. The molecular weight excluding hydrogens is 384 g/mol. The molecule has 1 saturated heterocycles. The summed E-state index contributed by atoms with van der Waals surface area (Å²) >= 11 is 0. The molecule has 0 saturated carbocycles. The molecule has 0 radical (unpaired) electrons. The fourth-order valence-electron chi connectivity index (χ4n) is 3.58. The van der Waals surface area contributed by atoms with Crippen molar-refractivity contribution in [1.82, 2.24) is 19.9 Å². The molecule has 1 aromatic carbocycles. The van der Waals surface area contributed by atoms with Crippen LogP contribution in [0.3, 0.4) is 0 Å². The fourth-order valence-corrected chi connectivity index (χ4v) is 3.58. The van der Waals surface area contributed by atoms with Crippen LogP contribution in [-0.2, 0) is 4.74 Å². The van der Waals surface area contributed by atoms with Gasteiger partial charge in [-0.2, -0.15) is 15.0 Å². The second-order valence-electron chi connectivity index (χ2n) is 7.53. The van der Waals surface area contributed by atoms with E-state index in [0.717, 1.165) is 22.9 Å². The lowest BCUT2D eigenvalue weighted by Crippen LogP contribution is -2.35. The largest absolute Gasteiger partial charge is 0.447 e. The van der Waals surface area contributed by atoms with Gasteiger partial charge in [-0.25, -0.2) is 9.69 Å². The average Bonchev–Trinajstić information content (AvgIpc) is 3.07. The number of nitrogens with one attached hydrogen (secondary N) is 2. The van der Waals surface area contributed by atoms with Crippen LogP contribution in [0.4, 0.5) is 16.7 Å². The van der Waals surface area contributed by atoms with Crippen LogP contribution in [0.15, 0.2) is 29.1 Å². The fraction of sp³-hybridized carbons (Fsp3) is 0.381. The van der Waals surface area contributed by atoms with Crippen molar-refractivity contribution in [3.63, 3.8) is 0 Å². The second kappa shape index (κ2) is 7.74. The zero-order valence-electron chi connectivity index (χ0n) is 17.4. The van der Waals surface area contributed by atoms with Crippen LogP contribution in [0.2, 0.25) is 0 Å². The van der Waals surface area contributed by atoms with Gasteiger partial charge in [0.2, 0.25) is 11.9 Å². The van der Waals surface area contributed by atoms with E-state index < -0.39 is 6.09 Å². The van der Waals surface area contributed by atoms with Gasteiger partial charge in [0.05, 0.1) is 12.1 Å². The molecule has 156 valence electrons. The Morgan fingerprint density at radius 1 is 1.23 bits per heavy atom. The van der Waals surface area contributed by atoms with E-state index in [4.69, 9.17) is 4.74 Å². The Balaban J connectivity index is 1.65. The Labute approximate surface area is 173 Å². The Hall–Kier alpha value is -3.49. The quantitative estimate of drug-likeness (QED) is 0.666. The number of H-pyrrole nitrogens is 1. The van der Waals surface area contributed by atoms with E-state index >= 15 is 0 Å². The number of ether oxygens (including phenoxy) is 1. The van der Waals surface area contributed by atoms with Crippen molar-refractivity contribution in [3.05, 3.63) is 51.6 Å². The normalized spacial score (nSPS) is 17.3. The second-order valence-corrected chi connectivity index (χ2v) is 7.53. The number of carbonyl (C=O) groups is 1. The number of aromatic nitrogens is 4. The number of benzene rings is 1. The SMILES string of the molecule is CCC1COC(=O)N1c1nc(C)nc(N[C@H](C)c2cc3cc(C)ccc3[nH]c2=O)n1. The molecule has 2 N–H and O–H groups in total. The Bertz CT molecular complexity index is 1180. The highest BCUT2D eigenvalue weighted by atomic mass is 16.6. The average molecular weight is 408 g/mol. The van der Waals surface area contributed by atoms with Crippen molar-refractivity contribution in [2.45, 2.75) is 46.2 Å². The first-order chi connectivity index (χ1) is 14.4. The molecule has 3 aromatic rings. The highest BCUT2D eigenvalue weighted by Gasteiger charge is 2.35. The van der Waals surface area contributed by atoms with Crippen molar-refractivity contribution < 1.29 is 9.53 Å². The number of nitrogens with zero attached hydrogens (tertiary/aromatic N) is 4. The summed E-state index contributed by atoms with van der Waals surface area (Å²) in [5, 5.41) is 4.12. The lowest BCUT2D eigenvalue weighted by molar-refractivity contribution is 0.178. The minimum absolute atomic E-state index is 0.115. The van der Waals surface area contributed by atoms with Crippen molar-refractivity contribution in [2.75, 3.05) is 16.8 Å². The van der Waals surface area contributed by atoms with E-state index in [1.165, 1.54) is 4.90 Å². The summed E-state index contributed by atoms with van der Waals surface area (Å²) in [5.41, 5.74) is 2.30. The summed E-state index contributed by atoms with van der Waals surface area (Å²) in [4.78, 5) is 42.2. The third kappa shape index (κ3) is 3.70. The van der Waals surface area contributed by atoms with Gasteiger partial charge in [-0.3, -0.25) is 4.79 Å². The molecule has 0 spiro atoms. The van der Waals surface area contributed by atoms with Gasteiger partial charge in [-0.1, -0.05) is 18.6 Å². The van der Waals surface area contributed by atoms with Gasteiger partial charge in [-0.05, 0) is 50.8 Å². The van der Waals surface area contributed by atoms with Crippen molar-refractivity contribution in [2.24, 2.45) is 0 Å². The molecule has 1 aliphatic rings. The van der Waals surface area contributed by atoms with E-state index in [2.05, 4.69) is 25.3 Å².